The SMILES string of the molecule is COc1ccc(C(Cc2cccc(C#N)c2)C(=O)O)cc1Cl. The molecule has 0 aliphatic heterocycles. The number of carboxylic acid groups (broad SMARTS) is 1. The van der Waals surface area contributed by atoms with Crippen LogP contribution in [0.3, 0.4) is 0 Å². The number of methoxy groups -OCH3 is 1. The summed E-state index contributed by atoms with van der Waals surface area (Å²) in [5, 5.41) is 18.8. The Kier molecular flexibility index (Phi) is 5.03. The summed E-state index contributed by atoms with van der Waals surface area (Å²) in [6.45, 7) is 0. The quantitative estimate of drug-likeness (QED) is 0.914. The number of benzene rings is 2. The maximum Gasteiger partial charge on any atom is 0.311 e. The van der Waals surface area contributed by atoms with E-state index in [1.54, 1.807) is 36.4 Å². The van der Waals surface area contributed by atoms with E-state index >= 15 is 0 Å². The van der Waals surface area contributed by atoms with Crippen LogP contribution in [0.2, 0.25) is 5.02 Å². The molecule has 0 spiro atoms. The minimum Gasteiger partial charge on any atom is -0.495 e. The lowest BCUT2D eigenvalue weighted by Gasteiger charge is -2.14. The van der Waals surface area contributed by atoms with E-state index in [1.807, 2.05) is 12.1 Å². The zero-order chi connectivity index (χ0) is 16.1. The van der Waals surface area contributed by atoms with Crippen LogP contribution in [0.1, 0.15) is 22.6 Å². The van der Waals surface area contributed by atoms with Gasteiger partial charge in [0.2, 0.25) is 0 Å². The fourth-order valence-electron chi connectivity index (χ4n) is 2.25. The molecule has 0 radical (unpaired) electrons. The number of nitrogens with zero attached hydrogens (tertiary/aromatic N) is 1. The van der Waals surface area contributed by atoms with Crippen LogP contribution >= 0.6 is 11.6 Å². The van der Waals surface area contributed by atoms with Crippen LogP contribution in [0.5, 0.6) is 5.75 Å². The highest BCUT2D eigenvalue weighted by Gasteiger charge is 2.21. The first-order valence-electron chi connectivity index (χ1n) is 6.60. The Labute approximate surface area is 133 Å². The van der Waals surface area contributed by atoms with E-state index in [4.69, 9.17) is 21.6 Å². The molecule has 0 aliphatic rings. The summed E-state index contributed by atoms with van der Waals surface area (Å²) in [6.07, 6.45) is 0.285. The van der Waals surface area contributed by atoms with Crippen LogP contribution in [-0.2, 0) is 11.2 Å². The first kappa shape index (κ1) is 15.9. The third-order valence-electron chi connectivity index (χ3n) is 3.37. The van der Waals surface area contributed by atoms with Gasteiger partial charge in [0.15, 0.2) is 0 Å². The van der Waals surface area contributed by atoms with Crippen molar-refractivity contribution >= 4 is 17.6 Å². The van der Waals surface area contributed by atoms with E-state index in [0.717, 1.165) is 5.56 Å². The van der Waals surface area contributed by atoms with Gasteiger partial charge in [-0.2, -0.15) is 5.26 Å². The molecule has 0 saturated heterocycles. The van der Waals surface area contributed by atoms with Gasteiger partial charge in [-0.15, -0.1) is 0 Å². The van der Waals surface area contributed by atoms with Crippen molar-refractivity contribution in [2.75, 3.05) is 7.11 Å². The topological polar surface area (TPSA) is 70.3 Å². The molecule has 2 aromatic rings. The van der Waals surface area contributed by atoms with Gasteiger partial charge in [0.05, 0.1) is 29.7 Å². The second-order valence-corrected chi connectivity index (χ2v) is 5.21. The molecule has 0 aliphatic carbocycles. The Morgan fingerprint density at radius 3 is 2.73 bits per heavy atom. The molecule has 0 amide bonds. The van der Waals surface area contributed by atoms with E-state index in [0.29, 0.717) is 21.9 Å². The molecule has 0 bridgehead atoms. The van der Waals surface area contributed by atoms with E-state index in [-0.39, 0.29) is 6.42 Å². The molecule has 1 unspecified atom stereocenters. The number of aliphatic carboxylic acids is 1. The van der Waals surface area contributed by atoms with Crippen LogP contribution in [0, 0.1) is 11.3 Å². The number of rotatable bonds is 5. The standard InChI is InChI=1S/C17H14ClNO3/c1-22-16-6-5-13(9-15(16)18)14(17(20)21)8-11-3-2-4-12(7-11)10-19/h2-7,9,14H,8H2,1H3,(H,20,21). The summed E-state index contributed by atoms with van der Waals surface area (Å²) in [6, 6.07) is 13.9. The van der Waals surface area contributed by atoms with E-state index < -0.39 is 11.9 Å². The Hall–Kier alpha value is -2.51. The Morgan fingerprint density at radius 1 is 1.36 bits per heavy atom. The summed E-state index contributed by atoms with van der Waals surface area (Å²) in [4.78, 5) is 11.6. The third kappa shape index (κ3) is 3.57. The van der Waals surface area contributed by atoms with Gasteiger partial charge in [0.1, 0.15) is 5.75 Å². The van der Waals surface area contributed by atoms with Gasteiger partial charge in [0, 0.05) is 0 Å². The molecule has 0 fully saturated rings. The lowest BCUT2D eigenvalue weighted by atomic mass is 9.91. The average Bonchev–Trinajstić information content (AvgIpc) is 2.52. The minimum atomic E-state index is -0.941. The summed E-state index contributed by atoms with van der Waals surface area (Å²) in [7, 11) is 1.50. The second kappa shape index (κ2) is 6.97. The van der Waals surface area contributed by atoms with Crippen LogP contribution in [0.25, 0.3) is 0 Å². The van der Waals surface area contributed by atoms with Gasteiger partial charge in [-0.25, -0.2) is 0 Å². The van der Waals surface area contributed by atoms with Gasteiger partial charge in [0.25, 0.3) is 0 Å². The number of hydrogen-bond acceptors (Lipinski definition) is 3. The van der Waals surface area contributed by atoms with Crippen molar-refractivity contribution in [2.24, 2.45) is 0 Å². The molecule has 4 nitrogen and oxygen atoms in total. The van der Waals surface area contributed by atoms with E-state index in [1.165, 1.54) is 7.11 Å². The molecule has 1 N–H and O–H groups in total. The molecule has 0 heterocycles. The molecule has 5 heteroatoms. The molecule has 22 heavy (non-hydrogen) atoms. The normalized spacial score (nSPS) is 11.5. The van der Waals surface area contributed by atoms with Crippen molar-refractivity contribution in [3.8, 4) is 11.8 Å². The largest absolute Gasteiger partial charge is 0.495 e. The van der Waals surface area contributed by atoms with Crippen LogP contribution in [-0.4, -0.2) is 18.2 Å². The fraction of sp³-hybridized carbons (Fsp3) is 0.176. The number of carbonyl (C=O) groups is 1. The van der Waals surface area contributed by atoms with E-state index in [2.05, 4.69) is 0 Å². The van der Waals surface area contributed by atoms with Crippen molar-refractivity contribution in [3.05, 3.63) is 64.2 Å². The first-order chi connectivity index (χ1) is 10.5. The van der Waals surface area contributed by atoms with Crippen molar-refractivity contribution in [3.63, 3.8) is 0 Å². The number of halogens is 1. The minimum absolute atomic E-state index is 0.285. The summed E-state index contributed by atoms with van der Waals surface area (Å²) >= 11 is 6.07. The lowest BCUT2D eigenvalue weighted by molar-refractivity contribution is -0.138. The van der Waals surface area contributed by atoms with Crippen LogP contribution in [0.4, 0.5) is 0 Å². The fourth-order valence-corrected chi connectivity index (χ4v) is 2.52. The number of nitriles is 1. The number of carboxylic acids is 1. The van der Waals surface area contributed by atoms with Gasteiger partial charge < -0.3 is 9.84 Å². The predicted molar refractivity (Wildman–Crippen MR) is 83.2 cm³/mol. The zero-order valence-corrected chi connectivity index (χ0v) is 12.7. The summed E-state index contributed by atoms with van der Waals surface area (Å²) in [5.74, 6) is -1.18. The molecule has 0 aromatic heterocycles. The maximum atomic E-state index is 11.6. The lowest BCUT2D eigenvalue weighted by Crippen LogP contribution is -2.14. The molecule has 112 valence electrons. The Morgan fingerprint density at radius 2 is 2.14 bits per heavy atom. The summed E-state index contributed by atoms with van der Waals surface area (Å²) in [5.41, 5.74) is 1.90. The Balaban J connectivity index is 2.32. The highest BCUT2D eigenvalue weighted by atomic mass is 35.5. The van der Waals surface area contributed by atoms with Crippen molar-refractivity contribution < 1.29 is 14.6 Å². The predicted octanol–water partition coefficient (Wildman–Crippen LogP) is 3.63. The van der Waals surface area contributed by atoms with Gasteiger partial charge in [-0.05, 0) is 41.8 Å². The van der Waals surface area contributed by atoms with Gasteiger partial charge >= 0.3 is 5.97 Å². The smallest absolute Gasteiger partial charge is 0.311 e. The molecular formula is C17H14ClNO3. The van der Waals surface area contributed by atoms with Crippen LogP contribution < -0.4 is 4.74 Å². The molecular weight excluding hydrogens is 302 g/mol. The van der Waals surface area contributed by atoms with E-state index in [9.17, 15) is 9.90 Å². The molecule has 0 saturated carbocycles. The zero-order valence-electron chi connectivity index (χ0n) is 11.9. The maximum absolute atomic E-state index is 11.6. The van der Waals surface area contributed by atoms with Crippen molar-refractivity contribution in [1.82, 2.24) is 0 Å². The highest BCUT2D eigenvalue weighted by Crippen LogP contribution is 2.30. The van der Waals surface area contributed by atoms with Gasteiger partial charge in [-0.3, -0.25) is 4.79 Å². The van der Waals surface area contributed by atoms with Crippen LogP contribution in [0.15, 0.2) is 42.5 Å². The molecule has 2 rings (SSSR count). The number of ether oxygens (including phenoxy) is 1. The van der Waals surface area contributed by atoms with Crippen molar-refractivity contribution in [1.29, 1.82) is 5.26 Å². The highest BCUT2D eigenvalue weighted by molar-refractivity contribution is 6.32. The average molecular weight is 316 g/mol. The third-order valence-corrected chi connectivity index (χ3v) is 3.67. The first-order valence-corrected chi connectivity index (χ1v) is 6.98. The number of hydrogen-bond donors (Lipinski definition) is 1. The molecule has 1 atom stereocenters. The van der Waals surface area contributed by atoms with Gasteiger partial charge in [-0.1, -0.05) is 29.8 Å². The monoisotopic (exact) mass is 315 g/mol. The Bertz CT molecular complexity index is 737. The molecule has 2 aromatic carbocycles. The summed E-state index contributed by atoms with van der Waals surface area (Å²) < 4.78 is 5.07. The van der Waals surface area contributed by atoms with Crippen molar-refractivity contribution in [2.45, 2.75) is 12.3 Å². The second-order valence-electron chi connectivity index (χ2n) is 4.80.